The predicted octanol–water partition coefficient (Wildman–Crippen LogP) is -1.11. The average Bonchev–Trinajstić information content (AvgIpc) is 3.62. The van der Waals surface area contributed by atoms with Gasteiger partial charge in [-0.2, -0.15) is 4.52 Å². The highest BCUT2D eigenvalue weighted by molar-refractivity contribution is 8.01. The van der Waals surface area contributed by atoms with Crippen molar-refractivity contribution in [3.63, 3.8) is 0 Å². The number of carboxylic acid groups (broad SMARTS) is 1. The number of β-lactam (4-membered cyclic amide) rings is 1. The van der Waals surface area contributed by atoms with Gasteiger partial charge in [0.05, 0.1) is 0 Å². The maximum absolute atomic E-state index is 13.3. The molecule has 3 aromatic heterocycles. The van der Waals surface area contributed by atoms with Crippen LogP contribution in [-0.2, 0) is 24.0 Å². The number of aryl methyl sites for hydroxylation is 1. The lowest BCUT2D eigenvalue weighted by Crippen LogP contribution is -2.71. The number of nitrogens with one attached hydrogen (secondary N) is 2. The Morgan fingerprint density at radius 1 is 1.33 bits per heavy atom. The molecule has 1 saturated heterocycles. The first-order valence-corrected chi connectivity index (χ1v) is 15.2. The fraction of sp³-hybridized carbons (Fsp3) is 0.364. The molecule has 21 heteroatoms. The molecule has 226 valence electrons. The van der Waals surface area contributed by atoms with Gasteiger partial charge in [0.15, 0.2) is 10.8 Å². The molecule has 2 atom stereocenters. The van der Waals surface area contributed by atoms with Crippen LogP contribution in [-0.4, -0.2) is 97.9 Å². The maximum Gasteiger partial charge on any atom is 0.352 e. The highest BCUT2D eigenvalue weighted by atomic mass is 32.2. The van der Waals surface area contributed by atoms with Crippen molar-refractivity contribution >= 4 is 75.2 Å². The largest absolute Gasteiger partial charge is 0.477 e. The van der Waals surface area contributed by atoms with E-state index in [9.17, 15) is 24.3 Å². The fourth-order valence-electron chi connectivity index (χ4n) is 4.07. The normalized spacial score (nSPS) is 18.7. The maximum atomic E-state index is 13.3. The van der Waals surface area contributed by atoms with Crippen LogP contribution >= 0.6 is 34.9 Å². The number of aromatic nitrogens is 6. The minimum Gasteiger partial charge on any atom is -0.477 e. The highest BCUT2D eigenvalue weighted by Crippen LogP contribution is 2.41. The van der Waals surface area contributed by atoms with E-state index in [0.717, 1.165) is 16.2 Å². The molecule has 0 aromatic carbocycles. The Morgan fingerprint density at radius 2 is 2.09 bits per heavy atom. The van der Waals surface area contributed by atoms with E-state index < -0.39 is 40.7 Å². The number of thioether (sulfide) groups is 2. The number of carboxylic acids is 1. The number of anilines is 1. The number of tetrazole rings is 1. The predicted molar refractivity (Wildman–Crippen MR) is 154 cm³/mol. The summed E-state index contributed by atoms with van der Waals surface area (Å²) in [5, 5.41) is 29.4. The monoisotopic (exact) mass is 648 g/mol. The number of fused-ring (bicyclic) bond motifs is 2. The minimum absolute atomic E-state index is 0.0531. The second-order valence-electron chi connectivity index (χ2n) is 9.62. The summed E-state index contributed by atoms with van der Waals surface area (Å²) in [6.07, 6.45) is 0. The molecule has 2 aliphatic rings. The Kier molecular flexibility index (Phi) is 8.23. The molecule has 0 saturated carbocycles. The van der Waals surface area contributed by atoms with Crippen LogP contribution in [0, 0.1) is 6.92 Å². The lowest BCUT2D eigenvalue weighted by molar-refractivity contribution is -0.150. The van der Waals surface area contributed by atoms with Crippen LogP contribution in [0.3, 0.4) is 0 Å². The van der Waals surface area contributed by atoms with E-state index in [1.165, 1.54) is 47.3 Å². The van der Waals surface area contributed by atoms with Crippen molar-refractivity contribution in [3.8, 4) is 0 Å². The molecule has 7 N–H and O–H groups in total. The fourth-order valence-corrected chi connectivity index (χ4v) is 7.15. The third-order valence-electron chi connectivity index (χ3n) is 6.22. The van der Waals surface area contributed by atoms with Crippen LogP contribution in [0.2, 0.25) is 0 Å². The van der Waals surface area contributed by atoms with Gasteiger partial charge in [-0.05, 0) is 42.8 Å². The zero-order chi connectivity index (χ0) is 31.1. The third-order valence-corrected chi connectivity index (χ3v) is 9.32. The van der Waals surface area contributed by atoms with Gasteiger partial charge >= 0.3 is 5.97 Å². The summed E-state index contributed by atoms with van der Waals surface area (Å²) >= 11 is 3.65. The van der Waals surface area contributed by atoms with Gasteiger partial charge in [0.25, 0.3) is 23.5 Å². The Bertz CT molecular complexity index is 1700. The molecule has 0 spiro atoms. The molecule has 2 aliphatic heterocycles. The number of oxime groups is 1. The number of nitrogen functional groups attached to an aromatic ring is 1. The number of aliphatic carboxylic acids is 1. The second-order valence-corrected chi connectivity index (χ2v) is 12.6. The van der Waals surface area contributed by atoms with Crippen LogP contribution in [0.4, 0.5) is 5.13 Å². The van der Waals surface area contributed by atoms with Crippen molar-refractivity contribution in [1.82, 2.24) is 45.7 Å². The molecular formula is C22H24N12O6S3. The van der Waals surface area contributed by atoms with Crippen molar-refractivity contribution in [2.24, 2.45) is 11.0 Å². The van der Waals surface area contributed by atoms with Gasteiger partial charge in [0, 0.05) is 22.6 Å². The highest BCUT2D eigenvalue weighted by Gasteiger charge is 2.54. The van der Waals surface area contributed by atoms with E-state index in [1.54, 1.807) is 13.0 Å². The van der Waals surface area contributed by atoms with Crippen LogP contribution in [0.15, 0.2) is 32.9 Å². The van der Waals surface area contributed by atoms with Gasteiger partial charge in [-0.15, -0.1) is 34.9 Å². The second kappa shape index (κ2) is 11.7. The van der Waals surface area contributed by atoms with Crippen molar-refractivity contribution in [2.45, 2.75) is 42.8 Å². The van der Waals surface area contributed by atoms with Gasteiger partial charge in [0.2, 0.25) is 5.60 Å². The standard InChI is InChI=1S/C22H24N12O6S3/c1-8-4-11(34-21(25-8)29-31-32-34)41-5-9-6-42-17-13(16(36)33(17)14(9)18(37)38)27-15(35)12(10-7-43-20(23)26-10)30-40-22(2,3)19(39)28-24/h4,7,13,17H,5-6,24H2,1-3H3,(H2,23,26)(H,27,35)(H,28,39)(H,37,38)/t13?,17-/m1/s1. The molecule has 5 rings (SSSR count). The van der Waals surface area contributed by atoms with Crippen LogP contribution in [0.5, 0.6) is 0 Å². The SMILES string of the molecule is Cc1cc(SCC2=C(C(=O)O)N3C(=O)C(NC(=O)C(=NOC(C)(C)C(=O)NN)c4csc(N)n4)[C@H]3SC2)n2nnnc2n1. The molecule has 1 unspecified atom stereocenters. The van der Waals surface area contributed by atoms with E-state index in [-0.39, 0.29) is 33.7 Å². The van der Waals surface area contributed by atoms with E-state index in [4.69, 9.17) is 16.4 Å². The van der Waals surface area contributed by atoms with Crippen molar-refractivity contribution in [2.75, 3.05) is 17.2 Å². The van der Waals surface area contributed by atoms with Crippen molar-refractivity contribution in [1.29, 1.82) is 0 Å². The topological polar surface area (TPSA) is 258 Å². The number of amides is 3. The number of carbonyl (C=O) groups is 4. The first-order valence-electron chi connectivity index (χ1n) is 12.3. The van der Waals surface area contributed by atoms with Gasteiger partial charge in [0.1, 0.15) is 27.8 Å². The Hall–Kier alpha value is -4.34. The van der Waals surface area contributed by atoms with Gasteiger partial charge in [-0.3, -0.25) is 24.7 Å². The molecular weight excluding hydrogens is 625 g/mol. The number of rotatable bonds is 10. The number of nitrogens with zero attached hydrogens (tertiary/aromatic N) is 8. The molecule has 3 aromatic rings. The Balaban J connectivity index is 1.34. The van der Waals surface area contributed by atoms with E-state index in [2.05, 4.69) is 36.0 Å². The van der Waals surface area contributed by atoms with Gasteiger partial charge in [-0.25, -0.2) is 20.6 Å². The van der Waals surface area contributed by atoms with Crippen LogP contribution in [0.25, 0.3) is 5.78 Å². The van der Waals surface area contributed by atoms with E-state index >= 15 is 0 Å². The molecule has 43 heavy (non-hydrogen) atoms. The molecule has 0 bridgehead atoms. The van der Waals surface area contributed by atoms with Gasteiger partial charge in [-0.1, -0.05) is 10.3 Å². The summed E-state index contributed by atoms with van der Waals surface area (Å²) in [5.74, 6) is 2.59. The number of carbonyl (C=O) groups excluding carboxylic acids is 3. The zero-order valence-corrected chi connectivity index (χ0v) is 25.1. The minimum atomic E-state index is -1.55. The zero-order valence-electron chi connectivity index (χ0n) is 22.7. The van der Waals surface area contributed by atoms with E-state index in [1.807, 2.05) is 5.43 Å². The first-order chi connectivity index (χ1) is 20.4. The van der Waals surface area contributed by atoms with E-state index in [0.29, 0.717) is 22.1 Å². The molecule has 0 radical (unpaired) electrons. The third kappa shape index (κ3) is 5.83. The lowest BCUT2D eigenvalue weighted by atomic mass is 10.0. The summed E-state index contributed by atoms with van der Waals surface area (Å²) < 4.78 is 1.44. The summed E-state index contributed by atoms with van der Waals surface area (Å²) in [6, 6.07) is 0.711. The Labute approximate surface area is 254 Å². The first kappa shape index (κ1) is 30.1. The van der Waals surface area contributed by atoms with Gasteiger partial charge < -0.3 is 21.0 Å². The summed E-state index contributed by atoms with van der Waals surface area (Å²) in [4.78, 5) is 65.7. The van der Waals surface area contributed by atoms with Crippen LogP contribution < -0.4 is 22.3 Å². The molecule has 1 fully saturated rings. The number of nitrogens with two attached hydrogens (primary N) is 2. The average molecular weight is 649 g/mol. The molecule has 0 aliphatic carbocycles. The smallest absolute Gasteiger partial charge is 0.352 e. The van der Waals surface area contributed by atoms with Crippen LogP contribution in [0.1, 0.15) is 25.2 Å². The molecule has 18 nitrogen and oxygen atoms in total. The lowest BCUT2D eigenvalue weighted by Gasteiger charge is -2.49. The molecule has 3 amide bonds. The summed E-state index contributed by atoms with van der Waals surface area (Å²) in [7, 11) is 0. The van der Waals surface area contributed by atoms with Crippen molar-refractivity contribution in [3.05, 3.63) is 34.1 Å². The number of hydrazine groups is 1. The number of hydrogen-bond acceptors (Lipinski definition) is 16. The summed E-state index contributed by atoms with van der Waals surface area (Å²) in [5.41, 5.74) is 6.88. The molecule has 5 heterocycles. The van der Waals surface area contributed by atoms with Crippen molar-refractivity contribution < 1.29 is 29.1 Å². The Morgan fingerprint density at radius 3 is 2.77 bits per heavy atom. The summed E-state index contributed by atoms with van der Waals surface area (Å²) in [6.45, 7) is 4.55. The number of thiazole rings is 1. The quantitative estimate of drug-likeness (QED) is 0.0332. The number of hydrogen-bond donors (Lipinski definition) is 5.